The predicted molar refractivity (Wildman–Crippen MR) is 118 cm³/mol. The van der Waals surface area contributed by atoms with E-state index in [2.05, 4.69) is 25.1 Å². The lowest BCUT2D eigenvalue weighted by Gasteiger charge is -2.43. The summed E-state index contributed by atoms with van der Waals surface area (Å²) in [7, 11) is 1.60. The Morgan fingerprint density at radius 1 is 0.900 bits per heavy atom. The number of halogens is 1. The Labute approximate surface area is 182 Å². The van der Waals surface area contributed by atoms with Crippen LogP contribution in [0.15, 0.2) is 36.4 Å². The van der Waals surface area contributed by atoms with E-state index in [1.165, 1.54) is 0 Å². The number of benzene rings is 2. The summed E-state index contributed by atoms with van der Waals surface area (Å²) in [5.74, 6) is 1.12. The number of Topliss-reactive ketones (excluding diaryl/α,β-unsaturated/α-hetero) is 2. The average Bonchev–Trinajstić information content (AvgIpc) is 3.07. The van der Waals surface area contributed by atoms with E-state index in [0.717, 1.165) is 54.4 Å². The zero-order valence-corrected chi connectivity index (χ0v) is 18.2. The van der Waals surface area contributed by atoms with Gasteiger partial charge in [0.2, 0.25) is 0 Å². The van der Waals surface area contributed by atoms with Gasteiger partial charge in [-0.3, -0.25) is 9.59 Å². The van der Waals surface area contributed by atoms with Crippen molar-refractivity contribution < 1.29 is 14.3 Å². The molecule has 4 saturated carbocycles. The molecule has 4 heteroatoms. The van der Waals surface area contributed by atoms with Crippen LogP contribution < -0.4 is 4.74 Å². The first kappa shape index (κ1) is 19.8. The molecule has 0 spiro atoms. The molecule has 6 rings (SSSR count). The number of fused-ring (bicyclic) bond motifs is 2. The van der Waals surface area contributed by atoms with Gasteiger partial charge < -0.3 is 4.74 Å². The third-order valence-electron chi connectivity index (χ3n) is 7.77. The van der Waals surface area contributed by atoms with E-state index >= 15 is 0 Å². The highest BCUT2D eigenvalue weighted by Gasteiger charge is 2.59. The molecule has 4 fully saturated rings. The van der Waals surface area contributed by atoms with Gasteiger partial charge in [-0.2, -0.15) is 0 Å². The maximum Gasteiger partial charge on any atom is 0.151 e. The van der Waals surface area contributed by atoms with Crippen molar-refractivity contribution >= 4 is 23.2 Å². The first-order valence-electron chi connectivity index (χ1n) is 11.1. The van der Waals surface area contributed by atoms with Crippen LogP contribution >= 0.6 is 11.6 Å². The minimum absolute atomic E-state index is 0.0426. The fourth-order valence-corrected chi connectivity index (χ4v) is 6.50. The second kappa shape index (κ2) is 7.53. The molecule has 2 aromatic rings. The first-order chi connectivity index (χ1) is 14.5. The molecule has 2 bridgehead atoms. The van der Waals surface area contributed by atoms with Crippen LogP contribution in [-0.2, 0) is 16.0 Å². The molecule has 0 N–H and O–H groups in total. The Morgan fingerprint density at radius 3 is 2.03 bits per heavy atom. The number of aryl methyl sites for hydroxylation is 1. The number of ketones is 2. The molecule has 30 heavy (non-hydrogen) atoms. The first-order valence-corrected chi connectivity index (χ1v) is 11.5. The maximum absolute atomic E-state index is 13.5. The standard InChI is InChI=1S/C26H27ClO3/c1-3-14-4-9-17(18-10-11-20(27)21(13-18)30-2)12-19(14)24-25(28)22-15-5-6-16(8-7-15)23(22)26(24)29/h4,9-13,15-16,22-24H,3,5-8H2,1-2H3/t15?,16?,22-,23+,24?. The van der Waals surface area contributed by atoms with Crippen LogP contribution in [0, 0.1) is 23.7 Å². The largest absolute Gasteiger partial charge is 0.495 e. The summed E-state index contributed by atoms with van der Waals surface area (Å²) in [6.45, 7) is 2.09. The van der Waals surface area contributed by atoms with Crippen molar-refractivity contribution in [2.45, 2.75) is 44.9 Å². The molecule has 0 amide bonds. The molecular weight excluding hydrogens is 396 g/mol. The molecule has 2 aromatic carbocycles. The van der Waals surface area contributed by atoms with Crippen LogP contribution in [0.5, 0.6) is 5.75 Å². The Balaban J connectivity index is 1.58. The lowest BCUT2D eigenvalue weighted by Crippen LogP contribution is -2.41. The number of hydrogen-bond donors (Lipinski definition) is 0. The zero-order valence-electron chi connectivity index (χ0n) is 17.5. The SMILES string of the molecule is CCc1ccc(-c2ccc(Cl)c(OC)c2)cc1C1C(=O)[C@@H]2C3CCC(CC3)[C@@H]2C1=O. The summed E-state index contributed by atoms with van der Waals surface area (Å²) >= 11 is 6.19. The topological polar surface area (TPSA) is 43.4 Å². The molecule has 0 radical (unpaired) electrons. The summed E-state index contributed by atoms with van der Waals surface area (Å²) in [5, 5.41) is 0.562. The van der Waals surface area contributed by atoms with Crippen LogP contribution in [0.3, 0.4) is 0 Å². The lowest BCUT2D eigenvalue weighted by atomic mass is 9.59. The van der Waals surface area contributed by atoms with Crippen molar-refractivity contribution in [3.8, 4) is 16.9 Å². The van der Waals surface area contributed by atoms with Crippen LogP contribution in [0.4, 0.5) is 0 Å². The van der Waals surface area contributed by atoms with E-state index < -0.39 is 5.92 Å². The fraction of sp³-hybridized carbons (Fsp3) is 0.462. The number of rotatable bonds is 4. The van der Waals surface area contributed by atoms with Gasteiger partial charge in [0.15, 0.2) is 11.6 Å². The minimum Gasteiger partial charge on any atom is -0.495 e. The van der Waals surface area contributed by atoms with Gasteiger partial charge in [-0.25, -0.2) is 0 Å². The Bertz CT molecular complexity index is 989. The van der Waals surface area contributed by atoms with Crippen molar-refractivity contribution in [2.75, 3.05) is 7.11 Å². The van der Waals surface area contributed by atoms with Crippen molar-refractivity contribution in [1.29, 1.82) is 0 Å². The summed E-state index contributed by atoms with van der Waals surface area (Å²) in [6, 6.07) is 11.9. The van der Waals surface area contributed by atoms with Crippen LogP contribution in [0.1, 0.15) is 49.7 Å². The van der Waals surface area contributed by atoms with Gasteiger partial charge in [0.1, 0.15) is 11.7 Å². The molecule has 0 aliphatic heterocycles. The second-order valence-corrected chi connectivity index (χ2v) is 9.49. The number of ether oxygens (including phenoxy) is 1. The van der Waals surface area contributed by atoms with E-state index in [-0.39, 0.29) is 23.4 Å². The Kier molecular flexibility index (Phi) is 4.97. The highest BCUT2D eigenvalue weighted by molar-refractivity contribution is 6.32. The number of carbonyl (C=O) groups is 2. The van der Waals surface area contributed by atoms with Gasteiger partial charge in [0.25, 0.3) is 0 Å². The molecule has 3 nitrogen and oxygen atoms in total. The summed E-state index contributed by atoms with van der Waals surface area (Å²) in [5.41, 5.74) is 3.95. The van der Waals surface area contributed by atoms with Gasteiger partial charge in [0.05, 0.1) is 12.1 Å². The third kappa shape index (κ3) is 2.93. The van der Waals surface area contributed by atoms with Crippen LogP contribution in [0.2, 0.25) is 5.02 Å². The quantitative estimate of drug-likeness (QED) is 0.579. The summed E-state index contributed by atoms with van der Waals surface area (Å²) < 4.78 is 5.37. The normalized spacial score (nSPS) is 29.9. The van der Waals surface area contributed by atoms with Crippen molar-refractivity contribution in [2.24, 2.45) is 23.7 Å². The van der Waals surface area contributed by atoms with Crippen LogP contribution in [-0.4, -0.2) is 18.7 Å². The minimum atomic E-state index is -0.592. The molecule has 4 aliphatic rings. The molecule has 0 heterocycles. The lowest BCUT2D eigenvalue weighted by molar-refractivity contribution is -0.129. The molecule has 0 aromatic heterocycles. The second-order valence-electron chi connectivity index (χ2n) is 9.08. The zero-order chi connectivity index (χ0) is 21.0. The Morgan fingerprint density at radius 2 is 1.47 bits per heavy atom. The third-order valence-corrected chi connectivity index (χ3v) is 8.08. The highest BCUT2D eigenvalue weighted by Crippen LogP contribution is 2.56. The van der Waals surface area contributed by atoms with Gasteiger partial charge >= 0.3 is 0 Å². The van der Waals surface area contributed by atoms with Crippen molar-refractivity contribution in [3.63, 3.8) is 0 Å². The van der Waals surface area contributed by atoms with Gasteiger partial charge in [0, 0.05) is 11.8 Å². The molecule has 156 valence electrons. The average molecular weight is 423 g/mol. The van der Waals surface area contributed by atoms with E-state index in [9.17, 15) is 9.59 Å². The van der Waals surface area contributed by atoms with Crippen LogP contribution in [0.25, 0.3) is 11.1 Å². The number of carbonyl (C=O) groups excluding carboxylic acids is 2. The van der Waals surface area contributed by atoms with E-state index in [1.54, 1.807) is 7.11 Å². The maximum atomic E-state index is 13.5. The summed E-state index contributed by atoms with van der Waals surface area (Å²) in [6.07, 6.45) is 5.26. The van der Waals surface area contributed by atoms with Gasteiger partial charge in [-0.1, -0.05) is 36.7 Å². The monoisotopic (exact) mass is 422 g/mol. The van der Waals surface area contributed by atoms with Gasteiger partial charge in [-0.05, 0) is 84.4 Å². The number of methoxy groups -OCH3 is 1. The van der Waals surface area contributed by atoms with E-state index in [0.29, 0.717) is 22.6 Å². The van der Waals surface area contributed by atoms with E-state index in [1.807, 2.05) is 18.2 Å². The molecule has 0 saturated heterocycles. The molecular formula is C26H27ClO3. The highest BCUT2D eigenvalue weighted by atomic mass is 35.5. The fourth-order valence-electron chi connectivity index (χ4n) is 6.30. The van der Waals surface area contributed by atoms with Crippen molar-refractivity contribution in [1.82, 2.24) is 0 Å². The molecule has 4 aliphatic carbocycles. The smallest absolute Gasteiger partial charge is 0.151 e. The predicted octanol–water partition coefficient (Wildman–Crippen LogP) is 5.87. The van der Waals surface area contributed by atoms with Gasteiger partial charge in [-0.15, -0.1) is 0 Å². The molecule has 3 atom stereocenters. The number of hydrogen-bond acceptors (Lipinski definition) is 3. The Hall–Kier alpha value is -2.13. The van der Waals surface area contributed by atoms with E-state index in [4.69, 9.17) is 16.3 Å². The summed E-state index contributed by atoms with van der Waals surface area (Å²) in [4.78, 5) is 27.1. The van der Waals surface area contributed by atoms with Crippen molar-refractivity contribution in [3.05, 3.63) is 52.5 Å². The molecule has 1 unspecified atom stereocenters.